The van der Waals surface area contributed by atoms with Crippen molar-refractivity contribution in [1.82, 2.24) is 0 Å². The summed E-state index contributed by atoms with van der Waals surface area (Å²) in [5.74, 6) is -0.320. The van der Waals surface area contributed by atoms with Gasteiger partial charge in [-0.15, -0.1) is 0 Å². The van der Waals surface area contributed by atoms with Crippen LogP contribution in [0.5, 0.6) is 0 Å². The summed E-state index contributed by atoms with van der Waals surface area (Å²) in [7, 11) is 0. The van der Waals surface area contributed by atoms with Gasteiger partial charge in [-0.1, -0.05) is 6.08 Å². The molecule has 0 unspecified atom stereocenters. The highest BCUT2D eigenvalue weighted by molar-refractivity contribution is 5.96. The number of carbonyl (C=O) groups excluding carboxylic acids is 1. The third-order valence-corrected chi connectivity index (χ3v) is 2.15. The van der Waals surface area contributed by atoms with Crippen molar-refractivity contribution < 1.29 is 22.7 Å². The Kier molecular flexibility index (Phi) is 4.32. The van der Waals surface area contributed by atoms with Crippen LogP contribution in [0.2, 0.25) is 0 Å². The van der Waals surface area contributed by atoms with Crippen LogP contribution in [0.15, 0.2) is 11.6 Å². The number of halogens is 3. The summed E-state index contributed by atoms with van der Waals surface area (Å²) in [5.41, 5.74) is 0.614. The summed E-state index contributed by atoms with van der Waals surface area (Å²) in [4.78, 5) is 11.3. The predicted molar refractivity (Wildman–Crippen MR) is 48.4 cm³/mol. The van der Waals surface area contributed by atoms with E-state index in [4.69, 9.17) is 0 Å². The van der Waals surface area contributed by atoms with E-state index in [-0.39, 0.29) is 5.78 Å². The van der Waals surface area contributed by atoms with Crippen molar-refractivity contribution in [3.05, 3.63) is 11.6 Å². The lowest BCUT2D eigenvalue weighted by molar-refractivity contribution is -0.174. The van der Waals surface area contributed by atoms with Crippen molar-refractivity contribution in [2.75, 3.05) is 13.2 Å². The molecule has 0 aliphatic heterocycles. The van der Waals surface area contributed by atoms with E-state index < -0.39 is 19.4 Å². The van der Waals surface area contributed by atoms with Crippen LogP contribution < -0.4 is 0 Å². The van der Waals surface area contributed by atoms with Crippen LogP contribution in [-0.2, 0) is 9.53 Å². The maximum absolute atomic E-state index is 11.7. The Balaban J connectivity index is 2.27. The van der Waals surface area contributed by atoms with E-state index in [2.05, 4.69) is 4.74 Å². The summed E-state index contributed by atoms with van der Waals surface area (Å²) >= 11 is 0. The Morgan fingerprint density at radius 3 is 2.67 bits per heavy atom. The zero-order chi connectivity index (χ0) is 11.3. The van der Waals surface area contributed by atoms with Crippen molar-refractivity contribution in [2.45, 2.75) is 31.9 Å². The van der Waals surface area contributed by atoms with Crippen LogP contribution in [0.1, 0.15) is 25.7 Å². The second-order valence-electron chi connectivity index (χ2n) is 3.51. The lowest BCUT2D eigenvalue weighted by atomic mass is 9.97. The van der Waals surface area contributed by atoms with Gasteiger partial charge in [0, 0.05) is 0 Å². The first-order valence-corrected chi connectivity index (χ1v) is 4.86. The normalized spacial score (nSPS) is 17.4. The van der Waals surface area contributed by atoms with Gasteiger partial charge < -0.3 is 4.74 Å². The molecule has 0 atom stereocenters. The number of hydrogen-bond acceptors (Lipinski definition) is 2. The van der Waals surface area contributed by atoms with E-state index in [0.717, 1.165) is 19.3 Å². The number of carbonyl (C=O) groups is 1. The Morgan fingerprint density at radius 1 is 1.40 bits per heavy atom. The molecule has 0 aromatic rings. The van der Waals surface area contributed by atoms with E-state index in [9.17, 15) is 18.0 Å². The first-order chi connectivity index (χ1) is 6.99. The zero-order valence-electron chi connectivity index (χ0n) is 8.27. The van der Waals surface area contributed by atoms with Gasteiger partial charge in [0.1, 0.15) is 13.2 Å². The fraction of sp³-hybridized carbons (Fsp3) is 0.700. The molecule has 1 aliphatic carbocycles. The number of alkyl halides is 3. The topological polar surface area (TPSA) is 26.3 Å². The van der Waals surface area contributed by atoms with Crippen LogP contribution in [0.4, 0.5) is 13.2 Å². The molecular weight excluding hydrogens is 209 g/mol. The number of hydrogen-bond donors (Lipinski definition) is 0. The molecule has 0 spiro atoms. The Bertz CT molecular complexity index is 256. The maximum Gasteiger partial charge on any atom is 0.411 e. The van der Waals surface area contributed by atoms with Gasteiger partial charge in [-0.25, -0.2) is 0 Å². The Morgan fingerprint density at radius 2 is 2.13 bits per heavy atom. The molecule has 0 N–H and O–H groups in total. The molecule has 15 heavy (non-hydrogen) atoms. The van der Waals surface area contributed by atoms with Crippen LogP contribution in [0.25, 0.3) is 0 Å². The molecule has 1 aliphatic rings. The van der Waals surface area contributed by atoms with Gasteiger partial charge in [-0.3, -0.25) is 4.79 Å². The van der Waals surface area contributed by atoms with Gasteiger partial charge in [0.15, 0.2) is 5.78 Å². The van der Waals surface area contributed by atoms with Crippen LogP contribution in [0.3, 0.4) is 0 Å². The first kappa shape index (κ1) is 12.2. The van der Waals surface area contributed by atoms with Crippen molar-refractivity contribution in [2.24, 2.45) is 0 Å². The molecule has 86 valence electrons. The van der Waals surface area contributed by atoms with Gasteiger partial charge in [-0.2, -0.15) is 13.2 Å². The van der Waals surface area contributed by atoms with Crippen molar-refractivity contribution >= 4 is 5.78 Å². The second-order valence-corrected chi connectivity index (χ2v) is 3.51. The third-order valence-electron chi connectivity index (χ3n) is 2.15. The van der Waals surface area contributed by atoms with E-state index in [0.29, 0.717) is 12.0 Å². The molecule has 0 heterocycles. The molecule has 0 aromatic heterocycles. The molecule has 0 bridgehead atoms. The number of ketones is 1. The molecule has 0 saturated heterocycles. The molecule has 2 nitrogen and oxygen atoms in total. The highest BCUT2D eigenvalue weighted by Gasteiger charge is 2.28. The maximum atomic E-state index is 11.7. The van der Waals surface area contributed by atoms with Crippen molar-refractivity contribution in [1.29, 1.82) is 0 Å². The lowest BCUT2D eigenvalue weighted by Gasteiger charge is -2.12. The van der Waals surface area contributed by atoms with E-state index >= 15 is 0 Å². The predicted octanol–water partition coefficient (Wildman–Crippen LogP) is 2.63. The summed E-state index contributed by atoms with van der Waals surface area (Å²) in [6, 6.07) is 0. The van der Waals surface area contributed by atoms with E-state index in [1.165, 1.54) is 0 Å². The van der Waals surface area contributed by atoms with Crippen LogP contribution >= 0.6 is 0 Å². The highest BCUT2D eigenvalue weighted by Crippen LogP contribution is 2.19. The van der Waals surface area contributed by atoms with Gasteiger partial charge in [0.05, 0.1) is 0 Å². The minimum Gasteiger partial charge on any atom is -0.364 e. The Labute approximate surface area is 86.1 Å². The average Bonchev–Trinajstić information content (AvgIpc) is 2.17. The first-order valence-electron chi connectivity index (χ1n) is 4.86. The molecule has 0 amide bonds. The SMILES string of the molecule is O=C(COCC(F)(F)F)C1=CCCCC1. The van der Waals surface area contributed by atoms with E-state index in [1.54, 1.807) is 6.08 Å². The largest absolute Gasteiger partial charge is 0.411 e. The molecule has 0 aromatic carbocycles. The number of rotatable bonds is 4. The summed E-state index contributed by atoms with van der Waals surface area (Å²) < 4.78 is 39.4. The minimum absolute atomic E-state index is 0.320. The number of allylic oxidation sites excluding steroid dienone is 1. The van der Waals surface area contributed by atoms with Gasteiger partial charge in [0.25, 0.3) is 0 Å². The molecule has 0 radical (unpaired) electrons. The average molecular weight is 222 g/mol. The fourth-order valence-corrected chi connectivity index (χ4v) is 1.44. The van der Waals surface area contributed by atoms with Crippen LogP contribution in [0, 0.1) is 0 Å². The highest BCUT2D eigenvalue weighted by atomic mass is 19.4. The fourth-order valence-electron chi connectivity index (χ4n) is 1.44. The van der Waals surface area contributed by atoms with Crippen molar-refractivity contribution in [3.8, 4) is 0 Å². The molecule has 5 heteroatoms. The summed E-state index contributed by atoms with van der Waals surface area (Å²) in [6.45, 7) is -1.82. The van der Waals surface area contributed by atoms with E-state index in [1.807, 2.05) is 0 Å². The van der Waals surface area contributed by atoms with Crippen LogP contribution in [-0.4, -0.2) is 25.2 Å². The second kappa shape index (κ2) is 5.30. The summed E-state index contributed by atoms with van der Waals surface area (Å²) in [5, 5.41) is 0. The molecular formula is C10H13F3O2. The third kappa shape index (κ3) is 4.97. The van der Waals surface area contributed by atoms with Crippen molar-refractivity contribution in [3.63, 3.8) is 0 Å². The zero-order valence-corrected chi connectivity index (χ0v) is 8.27. The smallest absolute Gasteiger partial charge is 0.364 e. The van der Waals surface area contributed by atoms with Gasteiger partial charge in [-0.05, 0) is 31.3 Å². The van der Waals surface area contributed by atoms with Gasteiger partial charge in [0.2, 0.25) is 0 Å². The quantitative estimate of drug-likeness (QED) is 0.730. The monoisotopic (exact) mass is 222 g/mol. The lowest BCUT2D eigenvalue weighted by Crippen LogP contribution is -2.21. The molecule has 0 fully saturated rings. The Hall–Kier alpha value is -0.840. The molecule has 1 rings (SSSR count). The summed E-state index contributed by atoms with van der Waals surface area (Å²) in [6.07, 6.45) is 0.898. The minimum atomic E-state index is -4.36. The number of Topliss-reactive ketones (excluding diaryl/α,β-unsaturated/α-hetero) is 1. The number of ether oxygens (including phenoxy) is 1. The van der Waals surface area contributed by atoms with Gasteiger partial charge >= 0.3 is 6.18 Å². The molecule has 0 saturated carbocycles. The standard InChI is InChI=1S/C10H13F3O2/c11-10(12,13)7-15-6-9(14)8-4-2-1-3-5-8/h4H,1-3,5-7H2.